The molecule has 0 fully saturated rings. The fourth-order valence-electron chi connectivity index (χ4n) is 3.58. The summed E-state index contributed by atoms with van der Waals surface area (Å²) in [6, 6.07) is 6.72. The van der Waals surface area contributed by atoms with E-state index in [1.54, 1.807) is 31.2 Å². The van der Waals surface area contributed by atoms with E-state index in [1.165, 1.54) is 6.92 Å². The Morgan fingerprint density at radius 3 is 2.22 bits per heavy atom. The number of benzene rings is 2. The highest BCUT2D eigenvalue weighted by molar-refractivity contribution is 6.12. The highest BCUT2D eigenvalue weighted by Crippen LogP contribution is 2.38. The summed E-state index contributed by atoms with van der Waals surface area (Å²) in [5, 5.41) is 32.3. The second-order valence-corrected chi connectivity index (χ2v) is 7.36. The second-order valence-electron chi connectivity index (χ2n) is 7.36. The molecular weight excluding hydrogens is 344 g/mol. The molecule has 0 spiro atoms. The summed E-state index contributed by atoms with van der Waals surface area (Å²) in [5.74, 6) is -0.228. The molecule has 0 aliphatic rings. The van der Waals surface area contributed by atoms with E-state index in [0.29, 0.717) is 12.1 Å². The van der Waals surface area contributed by atoms with Crippen molar-refractivity contribution in [3.8, 4) is 11.5 Å². The predicted octanol–water partition coefficient (Wildman–Crippen LogP) is 3.41. The number of ketones is 1. The first-order valence-electron chi connectivity index (χ1n) is 9.06. The molecule has 0 radical (unpaired) electrons. The van der Waals surface area contributed by atoms with Crippen LogP contribution in [0.1, 0.15) is 42.3 Å². The third-order valence-corrected chi connectivity index (χ3v) is 4.95. The molecule has 0 saturated heterocycles. The standard InChI is InChI=1S/C21H26N2O4/c1-12(24)14-8-16-17-9-15(13(2)25)21(27)11-19(17)23(7-5-6-22(3)4)18(16)10-20(14)26/h8-12,24,26-27H,5-7H2,1-4H3. The number of aryl methyl sites for hydroxylation is 1. The molecule has 0 amide bonds. The number of aliphatic hydroxyl groups is 1. The second kappa shape index (κ2) is 7.21. The lowest BCUT2D eigenvalue weighted by Crippen LogP contribution is -2.15. The lowest BCUT2D eigenvalue weighted by Gasteiger charge is -2.13. The lowest BCUT2D eigenvalue weighted by molar-refractivity contribution is 0.101. The maximum absolute atomic E-state index is 11.9. The summed E-state index contributed by atoms with van der Waals surface area (Å²) >= 11 is 0. The molecule has 3 rings (SSSR count). The number of rotatable bonds is 6. The molecule has 1 unspecified atom stereocenters. The fourth-order valence-corrected chi connectivity index (χ4v) is 3.58. The van der Waals surface area contributed by atoms with E-state index in [0.717, 1.165) is 34.8 Å². The highest BCUT2D eigenvalue weighted by Gasteiger charge is 2.19. The molecule has 6 heteroatoms. The molecule has 144 valence electrons. The Labute approximate surface area is 158 Å². The van der Waals surface area contributed by atoms with E-state index in [1.807, 2.05) is 18.7 Å². The third-order valence-electron chi connectivity index (χ3n) is 4.95. The average Bonchev–Trinajstić information content (AvgIpc) is 2.85. The van der Waals surface area contributed by atoms with Gasteiger partial charge in [0.05, 0.1) is 22.7 Å². The largest absolute Gasteiger partial charge is 0.507 e. The van der Waals surface area contributed by atoms with Crippen molar-refractivity contribution >= 4 is 27.6 Å². The Bertz CT molecular complexity index is 1020. The van der Waals surface area contributed by atoms with Crippen molar-refractivity contribution < 1.29 is 20.1 Å². The van der Waals surface area contributed by atoms with Crippen molar-refractivity contribution in [1.29, 1.82) is 0 Å². The molecule has 27 heavy (non-hydrogen) atoms. The van der Waals surface area contributed by atoms with Gasteiger partial charge in [0.2, 0.25) is 0 Å². The fraction of sp³-hybridized carbons (Fsp3) is 0.381. The number of phenolic OH excluding ortho intramolecular Hbond substituents is 2. The van der Waals surface area contributed by atoms with Gasteiger partial charge in [-0.25, -0.2) is 0 Å². The quantitative estimate of drug-likeness (QED) is 0.579. The molecule has 0 bridgehead atoms. The molecule has 1 atom stereocenters. The van der Waals surface area contributed by atoms with Crippen LogP contribution in [0.2, 0.25) is 0 Å². The van der Waals surface area contributed by atoms with Gasteiger partial charge in [-0.05, 0) is 53.0 Å². The van der Waals surface area contributed by atoms with Crippen molar-refractivity contribution in [3.63, 3.8) is 0 Å². The summed E-state index contributed by atoms with van der Waals surface area (Å²) in [4.78, 5) is 14.0. The SMILES string of the molecule is CC(=O)c1cc2c3cc(C(C)O)c(O)cc3n(CCCN(C)C)c2cc1O. The number of aromatic hydroxyl groups is 2. The van der Waals surface area contributed by atoms with Gasteiger partial charge in [-0.3, -0.25) is 4.79 Å². The summed E-state index contributed by atoms with van der Waals surface area (Å²) in [5.41, 5.74) is 2.31. The van der Waals surface area contributed by atoms with Gasteiger partial charge < -0.3 is 24.8 Å². The van der Waals surface area contributed by atoms with Crippen LogP contribution in [0, 0.1) is 0 Å². The molecule has 6 nitrogen and oxygen atoms in total. The van der Waals surface area contributed by atoms with Crippen molar-refractivity contribution in [2.24, 2.45) is 0 Å². The van der Waals surface area contributed by atoms with E-state index in [4.69, 9.17) is 0 Å². The molecular formula is C21H26N2O4. The first-order valence-corrected chi connectivity index (χ1v) is 9.06. The maximum Gasteiger partial charge on any atom is 0.163 e. The first-order chi connectivity index (χ1) is 12.7. The molecule has 3 aromatic rings. The van der Waals surface area contributed by atoms with Crippen LogP contribution in [0.4, 0.5) is 0 Å². The molecule has 2 aromatic carbocycles. The van der Waals surface area contributed by atoms with Crippen molar-refractivity contribution in [2.45, 2.75) is 32.9 Å². The van der Waals surface area contributed by atoms with Gasteiger partial charge in [0.1, 0.15) is 11.5 Å². The number of nitrogens with zero attached hydrogens (tertiary/aromatic N) is 2. The van der Waals surface area contributed by atoms with Crippen LogP contribution >= 0.6 is 0 Å². The maximum atomic E-state index is 11.9. The summed E-state index contributed by atoms with van der Waals surface area (Å²) in [6.07, 6.45) is 0.0750. The molecule has 0 aliphatic carbocycles. The van der Waals surface area contributed by atoms with Gasteiger partial charge >= 0.3 is 0 Å². The third kappa shape index (κ3) is 3.50. The van der Waals surface area contributed by atoms with Crippen LogP contribution < -0.4 is 0 Å². The number of fused-ring (bicyclic) bond motifs is 3. The minimum atomic E-state index is -0.814. The number of phenols is 2. The zero-order valence-electron chi connectivity index (χ0n) is 16.2. The van der Waals surface area contributed by atoms with Gasteiger partial charge in [0.25, 0.3) is 0 Å². The van der Waals surface area contributed by atoms with Crippen LogP contribution in [0.25, 0.3) is 21.8 Å². The molecule has 1 heterocycles. The highest BCUT2D eigenvalue weighted by atomic mass is 16.3. The molecule has 3 N–H and O–H groups in total. The smallest absolute Gasteiger partial charge is 0.163 e. The molecule has 0 aliphatic heterocycles. The van der Waals surface area contributed by atoms with Gasteiger partial charge in [-0.15, -0.1) is 0 Å². The minimum Gasteiger partial charge on any atom is -0.507 e. The van der Waals surface area contributed by atoms with Crippen molar-refractivity contribution in [1.82, 2.24) is 9.47 Å². The zero-order chi connectivity index (χ0) is 19.9. The predicted molar refractivity (Wildman–Crippen MR) is 107 cm³/mol. The topological polar surface area (TPSA) is 85.9 Å². The van der Waals surface area contributed by atoms with E-state index in [9.17, 15) is 20.1 Å². The number of carbonyl (C=O) groups is 1. The summed E-state index contributed by atoms with van der Waals surface area (Å²) < 4.78 is 2.04. The number of hydrogen-bond donors (Lipinski definition) is 3. The Balaban J connectivity index is 2.30. The number of Topliss-reactive ketones (excluding diaryl/α,β-unsaturated/α-hetero) is 1. The summed E-state index contributed by atoms with van der Waals surface area (Å²) in [6.45, 7) is 4.62. The van der Waals surface area contributed by atoms with Gasteiger partial charge in [0.15, 0.2) is 5.78 Å². The van der Waals surface area contributed by atoms with Crippen molar-refractivity contribution in [2.75, 3.05) is 20.6 Å². The van der Waals surface area contributed by atoms with E-state index in [-0.39, 0.29) is 22.8 Å². The Morgan fingerprint density at radius 1 is 1.07 bits per heavy atom. The van der Waals surface area contributed by atoms with Gasteiger partial charge in [0, 0.05) is 35.0 Å². The van der Waals surface area contributed by atoms with Crippen LogP contribution in [-0.4, -0.2) is 51.2 Å². The number of carbonyl (C=O) groups excluding carboxylic acids is 1. The van der Waals surface area contributed by atoms with Crippen LogP contribution in [0.5, 0.6) is 11.5 Å². The monoisotopic (exact) mass is 370 g/mol. The van der Waals surface area contributed by atoms with Crippen LogP contribution in [-0.2, 0) is 6.54 Å². The van der Waals surface area contributed by atoms with E-state index >= 15 is 0 Å². The van der Waals surface area contributed by atoms with Crippen LogP contribution in [0.15, 0.2) is 24.3 Å². The Kier molecular flexibility index (Phi) is 5.13. The van der Waals surface area contributed by atoms with Gasteiger partial charge in [-0.1, -0.05) is 0 Å². The summed E-state index contributed by atoms with van der Waals surface area (Å²) in [7, 11) is 4.02. The molecule has 0 saturated carbocycles. The van der Waals surface area contributed by atoms with Crippen LogP contribution in [0.3, 0.4) is 0 Å². The number of aromatic nitrogens is 1. The first kappa shape index (κ1) is 19.2. The number of aliphatic hydroxyl groups excluding tert-OH is 1. The average molecular weight is 370 g/mol. The molecule has 1 aromatic heterocycles. The van der Waals surface area contributed by atoms with E-state index in [2.05, 4.69) is 4.90 Å². The normalized spacial score (nSPS) is 13.0. The lowest BCUT2D eigenvalue weighted by atomic mass is 10.0. The zero-order valence-corrected chi connectivity index (χ0v) is 16.2. The van der Waals surface area contributed by atoms with Crippen molar-refractivity contribution in [3.05, 3.63) is 35.4 Å². The van der Waals surface area contributed by atoms with Gasteiger partial charge in [-0.2, -0.15) is 0 Å². The van der Waals surface area contributed by atoms with E-state index < -0.39 is 6.10 Å². The Hall–Kier alpha value is -2.57. The Morgan fingerprint density at radius 2 is 1.67 bits per heavy atom. The minimum absolute atomic E-state index is 0.0326. The number of hydrogen-bond acceptors (Lipinski definition) is 5.